The fraction of sp³-hybridized carbons (Fsp3) is 0.167. The molecule has 0 radical (unpaired) electrons. The van der Waals surface area contributed by atoms with Gasteiger partial charge in [-0.25, -0.2) is 4.98 Å². The van der Waals surface area contributed by atoms with Crippen LogP contribution in [0.5, 0.6) is 0 Å². The Morgan fingerprint density at radius 1 is 1.38 bits per heavy atom. The number of fused-ring (bicyclic) bond motifs is 3. The first-order valence-corrected chi connectivity index (χ1v) is 8.39. The maximum Gasteiger partial charge on any atom is 0.225 e. The topological polar surface area (TPSA) is 91.8 Å². The van der Waals surface area contributed by atoms with Crippen molar-refractivity contribution in [2.24, 2.45) is 0 Å². The van der Waals surface area contributed by atoms with E-state index in [9.17, 15) is 10.1 Å². The summed E-state index contributed by atoms with van der Waals surface area (Å²) < 4.78 is 0.911. The van der Waals surface area contributed by atoms with Crippen molar-refractivity contribution in [3.63, 3.8) is 0 Å². The molecule has 0 saturated heterocycles. The van der Waals surface area contributed by atoms with E-state index < -0.39 is 0 Å². The number of nitrogens with one attached hydrogen (secondary N) is 1. The summed E-state index contributed by atoms with van der Waals surface area (Å²) in [5, 5.41) is 13.1. The second kappa shape index (κ2) is 5.32. The Morgan fingerprint density at radius 3 is 2.83 bits per heavy atom. The van der Waals surface area contributed by atoms with Gasteiger partial charge in [-0.05, 0) is 18.1 Å². The molecule has 1 aromatic carbocycles. The van der Waals surface area contributed by atoms with Gasteiger partial charge in [-0.2, -0.15) is 5.26 Å². The van der Waals surface area contributed by atoms with E-state index in [1.165, 1.54) is 11.3 Å². The normalized spacial score (nSPS) is 16.5. The van der Waals surface area contributed by atoms with Crippen LogP contribution in [0.25, 0.3) is 10.2 Å². The highest BCUT2D eigenvalue weighted by molar-refractivity contribution is 7.23. The van der Waals surface area contributed by atoms with Crippen molar-refractivity contribution in [1.29, 1.82) is 5.26 Å². The Labute approximate surface area is 142 Å². The van der Waals surface area contributed by atoms with E-state index in [0.29, 0.717) is 12.0 Å². The number of aryl methyl sites for hydroxylation is 1. The van der Waals surface area contributed by atoms with E-state index in [-0.39, 0.29) is 17.6 Å². The zero-order chi connectivity index (χ0) is 16.8. The van der Waals surface area contributed by atoms with E-state index >= 15 is 0 Å². The fourth-order valence-electron chi connectivity index (χ4n) is 3.27. The molecule has 118 valence electrons. The molecule has 0 unspecified atom stereocenters. The van der Waals surface area contributed by atoms with Gasteiger partial charge in [-0.1, -0.05) is 30.3 Å². The van der Waals surface area contributed by atoms with Crippen LogP contribution in [0.4, 0.5) is 10.8 Å². The number of nitrogens with two attached hydrogens (primary N) is 1. The first-order valence-electron chi connectivity index (χ1n) is 7.57. The molecule has 1 aliphatic heterocycles. The van der Waals surface area contributed by atoms with E-state index in [1.807, 2.05) is 37.3 Å². The Hall–Kier alpha value is -2.91. The second-order valence-corrected chi connectivity index (χ2v) is 6.87. The number of pyridine rings is 1. The van der Waals surface area contributed by atoms with Gasteiger partial charge in [0.15, 0.2) is 0 Å². The van der Waals surface area contributed by atoms with Gasteiger partial charge in [-0.15, -0.1) is 11.3 Å². The molecule has 3 aromatic rings. The van der Waals surface area contributed by atoms with Crippen LogP contribution < -0.4 is 11.1 Å². The van der Waals surface area contributed by atoms with Crippen molar-refractivity contribution in [3.05, 3.63) is 52.6 Å². The summed E-state index contributed by atoms with van der Waals surface area (Å²) in [7, 11) is 0. The first-order chi connectivity index (χ1) is 11.6. The molecule has 2 aromatic heterocycles. The van der Waals surface area contributed by atoms with E-state index in [2.05, 4.69) is 16.4 Å². The molecule has 0 saturated carbocycles. The number of hydrogen-bond acceptors (Lipinski definition) is 5. The van der Waals surface area contributed by atoms with Gasteiger partial charge in [0.2, 0.25) is 5.91 Å². The summed E-state index contributed by atoms with van der Waals surface area (Å²) in [5.41, 5.74) is 10.1. The van der Waals surface area contributed by atoms with Crippen molar-refractivity contribution < 1.29 is 4.79 Å². The zero-order valence-electron chi connectivity index (χ0n) is 13.0. The van der Waals surface area contributed by atoms with Crippen LogP contribution in [-0.2, 0) is 4.79 Å². The molecule has 0 aliphatic carbocycles. The number of nitrogen functional groups attached to an aromatic ring is 1. The van der Waals surface area contributed by atoms with Crippen LogP contribution in [0.15, 0.2) is 30.3 Å². The smallest absolute Gasteiger partial charge is 0.225 e. The third-order valence-corrected chi connectivity index (χ3v) is 5.66. The Kier molecular flexibility index (Phi) is 3.25. The zero-order valence-corrected chi connectivity index (χ0v) is 13.8. The van der Waals surface area contributed by atoms with Gasteiger partial charge in [0, 0.05) is 17.9 Å². The summed E-state index contributed by atoms with van der Waals surface area (Å²) >= 11 is 1.47. The molecular weight excluding hydrogens is 320 g/mol. The van der Waals surface area contributed by atoms with Crippen LogP contribution >= 0.6 is 11.3 Å². The lowest BCUT2D eigenvalue weighted by Crippen LogP contribution is -2.22. The van der Waals surface area contributed by atoms with Crippen molar-refractivity contribution in [2.75, 3.05) is 11.1 Å². The minimum Gasteiger partial charge on any atom is -0.383 e. The molecular formula is C18H14N4OS. The first kappa shape index (κ1) is 14.7. The van der Waals surface area contributed by atoms with E-state index in [4.69, 9.17) is 5.73 Å². The third kappa shape index (κ3) is 2.06. The number of benzene rings is 1. The quantitative estimate of drug-likeness (QED) is 0.712. The van der Waals surface area contributed by atoms with E-state index in [1.54, 1.807) is 0 Å². The third-order valence-electron chi connectivity index (χ3n) is 4.43. The van der Waals surface area contributed by atoms with Gasteiger partial charge in [-0.3, -0.25) is 4.79 Å². The van der Waals surface area contributed by atoms with Crippen molar-refractivity contribution in [2.45, 2.75) is 19.3 Å². The van der Waals surface area contributed by atoms with Crippen LogP contribution in [0.3, 0.4) is 0 Å². The molecule has 0 bridgehead atoms. The van der Waals surface area contributed by atoms with Gasteiger partial charge >= 0.3 is 0 Å². The molecule has 1 aliphatic rings. The lowest BCUT2D eigenvalue weighted by molar-refractivity contribution is -0.116. The molecule has 3 heterocycles. The number of rotatable bonds is 1. The van der Waals surface area contributed by atoms with Crippen molar-refractivity contribution >= 4 is 38.3 Å². The molecule has 1 atom stereocenters. The predicted octanol–water partition coefficient (Wildman–Crippen LogP) is 3.53. The number of nitriles is 1. The molecule has 24 heavy (non-hydrogen) atoms. The average Bonchev–Trinajstić information content (AvgIpc) is 2.94. The highest BCUT2D eigenvalue weighted by Gasteiger charge is 2.32. The molecule has 6 heteroatoms. The second-order valence-electron chi connectivity index (χ2n) is 5.85. The van der Waals surface area contributed by atoms with Crippen LogP contribution in [-0.4, -0.2) is 10.9 Å². The number of carbonyl (C=O) groups is 1. The number of thiophene rings is 1. The number of aromatic nitrogens is 1. The summed E-state index contributed by atoms with van der Waals surface area (Å²) in [5.74, 6) is 0.184. The van der Waals surface area contributed by atoms with Gasteiger partial charge < -0.3 is 11.1 Å². The Balaban J connectivity index is 2.03. The standard InChI is InChI=1S/C18H14N4OS/c1-9-12(8-19)17(20)22-15-14-11(10-5-3-2-4-6-10)7-13(23)21-18(14)24-16(9)15/h2-6,11H,7H2,1H3,(H2,20,22)(H,21,23)/t11-/m0/s1. The van der Waals surface area contributed by atoms with Gasteiger partial charge in [0.05, 0.1) is 15.8 Å². The fourth-order valence-corrected chi connectivity index (χ4v) is 4.50. The lowest BCUT2D eigenvalue weighted by Gasteiger charge is -2.23. The molecule has 0 spiro atoms. The van der Waals surface area contributed by atoms with Gasteiger partial charge in [0.25, 0.3) is 0 Å². The summed E-state index contributed by atoms with van der Waals surface area (Å²) in [4.78, 5) is 16.7. The molecule has 4 rings (SSSR count). The molecule has 3 N–H and O–H groups in total. The Morgan fingerprint density at radius 2 is 2.12 bits per heavy atom. The van der Waals surface area contributed by atoms with Crippen LogP contribution in [0.2, 0.25) is 0 Å². The molecule has 0 fully saturated rings. The van der Waals surface area contributed by atoms with Crippen molar-refractivity contribution in [1.82, 2.24) is 4.98 Å². The highest BCUT2D eigenvalue weighted by atomic mass is 32.1. The largest absolute Gasteiger partial charge is 0.383 e. The minimum absolute atomic E-state index is 0.00552. The monoisotopic (exact) mass is 334 g/mol. The molecule has 1 amide bonds. The average molecular weight is 334 g/mol. The number of carbonyl (C=O) groups excluding carboxylic acids is 1. The number of anilines is 2. The van der Waals surface area contributed by atoms with Crippen LogP contribution in [0, 0.1) is 18.3 Å². The number of nitrogens with zero attached hydrogens (tertiary/aromatic N) is 2. The maximum atomic E-state index is 12.2. The summed E-state index contributed by atoms with van der Waals surface area (Å²) in [6, 6.07) is 12.1. The SMILES string of the molecule is Cc1c(C#N)c(N)nc2c3c(sc12)NC(=O)C[C@H]3c1ccccc1. The minimum atomic E-state index is -0.0528. The lowest BCUT2D eigenvalue weighted by atomic mass is 9.86. The number of hydrogen-bond donors (Lipinski definition) is 2. The van der Waals surface area contributed by atoms with E-state index in [0.717, 1.165) is 31.9 Å². The highest BCUT2D eigenvalue weighted by Crippen LogP contribution is 2.47. The van der Waals surface area contributed by atoms with Crippen LogP contribution in [0.1, 0.15) is 34.6 Å². The summed E-state index contributed by atoms with van der Waals surface area (Å²) in [6.45, 7) is 1.88. The van der Waals surface area contributed by atoms with Crippen molar-refractivity contribution in [3.8, 4) is 6.07 Å². The Bertz CT molecular complexity index is 1020. The predicted molar refractivity (Wildman–Crippen MR) is 95.0 cm³/mol. The number of amides is 1. The van der Waals surface area contributed by atoms with Gasteiger partial charge in [0.1, 0.15) is 16.9 Å². The maximum absolute atomic E-state index is 12.2. The molecule has 5 nitrogen and oxygen atoms in total. The summed E-state index contributed by atoms with van der Waals surface area (Å²) in [6.07, 6.45) is 0.378.